The first-order valence-electron chi connectivity index (χ1n) is 8.58. The Bertz CT molecular complexity index is 1080. The summed E-state index contributed by atoms with van der Waals surface area (Å²) in [6.07, 6.45) is -1.97. The molecule has 0 unspecified atom stereocenters. The molecule has 2 aromatic heterocycles. The molecule has 2 heterocycles. The summed E-state index contributed by atoms with van der Waals surface area (Å²) in [5, 5.41) is 15.5. The summed E-state index contributed by atoms with van der Waals surface area (Å²) in [6, 6.07) is 9.17. The third kappa shape index (κ3) is 5.00. The molecule has 0 aliphatic rings. The van der Waals surface area contributed by atoms with E-state index in [9.17, 15) is 22.8 Å². The molecule has 0 saturated carbocycles. The minimum absolute atomic E-state index is 0.0632. The molecule has 8 nitrogen and oxygen atoms in total. The SMILES string of the molecule is O=C(NCCO)c1cc(-c2ccc(OC(F)(F)F)cc2)nn(-c2cccnc2)c1=O. The maximum Gasteiger partial charge on any atom is 0.573 e. The van der Waals surface area contributed by atoms with Crippen LogP contribution < -0.4 is 15.6 Å². The zero-order valence-corrected chi connectivity index (χ0v) is 15.3. The number of aliphatic hydroxyl groups excluding tert-OH is 1. The first kappa shape index (κ1) is 21.0. The molecule has 0 aliphatic carbocycles. The van der Waals surface area contributed by atoms with Gasteiger partial charge in [0.2, 0.25) is 0 Å². The quantitative estimate of drug-likeness (QED) is 0.631. The summed E-state index contributed by atoms with van der Waals surface area (Å²) in [5.74, 6) is -1.15. The third-order valence-corrected chi connectivity index (χ3v) is 3.83. The number of amides is 1. The van der Waals surface area contributed by atoms with E-state index in [4.69, 9.17) is 5.11 Å². The van der Waals surface area contributed by atoms with Crippen LogP contribution in [0.4, 0.5) is 13.2 Å². The van der Waals surface area contributed by atoms with Crippen molar-refractivity contribution in [2.75, 3.05) is 13.2 Å². The highest BCUT2D eigenvalue weighted by Crippen LogP contribution is 2.26. The van der Waals surface area contributed by atoms with Crippen LogP contribution >= 0.6 is 0 Å². The highest BCUT2D eigenvalue weighted by atomic mass is 19.4. The number of aliphatic hydroxyl groups is 1. The first-order valence-corrected chi connectivity index (χ1v) is 8.58. The van der Waals surface area contributed by atoms with Crippen molar-refractivity contribution in [1.29, 1.82) is 0 Å². The Morgan fingerprint density at radius 3 is 2.53 bits per heavy atom. The van der Waals surface area contributed by atoms with Crippen LogP contribution in [0, 0.1) is 0 Å². The number of ether oxygens (including phenoxy) is 1. The van der Waals surface area contributed by atoms with Gasteiger partial charge in [0, 0.05) is 18.3 Å². The molecule has 1 aromatic carbocycles. The topological polar surface area (TPSA) is 106 Å². The Kier molecular flexibility index (Phi) is 6.11. The van der Waals surface area contributed by atoms with E-state index in [0.717, 1.165) is 16.8 Å². The number of nitrogens with one attached hydrogen (secondary N) is 1. The molecule has 11 heteroatoms. The van der Waals surface area contributed by atoms with Crippen LogP contribution in [-0.2, 0) is 0 Å². The molecule has 0 atom stereocenters. The second-order valence-corrected chi connectivity index (χ2v) is 5.92. The predicted octanol–water partition coefficient (Wildman–Crippen LogP) is 1.92. The van der Waals surface area contributed by atoms with E-state index < -0.39 is 23.6 Å². The van der Waals surface area contributed by atoms with Gasteiger partial charge in [-0.1, -0.05) is 0 Å². The molecule has 0 fully saturated rings. The highest BCUT2D eigenvalue weighted by molar-refractivity contribution is 5.94. The van der Waals surface area contributed by atoms with Gasteiger partial charge in [0.1, 0.15) is 11.3 Å². The van der Waals surface area contributed by atoms with E-state index in [-0.39, 0.29) is 30.1 Å². The summed E-state index contributed by atoms with van der Waals surface area (Å²) >= 11 is 0. The Morgan fingerprint density at radius 1 is 1.20 bits per heavy atom. The number of alkyl halides is 3. The minimum atomic E-state index is -4.83. The zero-order chi connectivity index (χ0) is 21.7. The third-order valence-electron chi connectivity index (χ3n) is 3.83. The number of rotatable bonds is 6. The van der Waals surface area contributed by atoms with Crippen LogP contribution in [0.3, 0.4) is 0 Å². The number of pyridine rings is 1. The molecule has 0 aliphatic heterocycles. The van der Waals surface area contributed by atoms with Crippen molar-refractivity contribution in [3.8, 4) is 22.7 Å². The number of carbonyl (C=O) groups excluding carboxylic acids is 1. The normalized spacial score (nSPS) is 11.2. The van der Waals surface area contributed by atoms with Gasteiger partial charge in [0.05, 0.1) is 24.2 Å². The minimum Gasteiger partial charge on any atom is -0.406 e. The molecule has 2 N–H and O–H groups in total. The molecule has 156 valence electrons. The van der Waals surface area contributed by atoms with Crippen molar-refractivity contribution < 1.29 is 27.8 Å². The summed E-state index contributed by atoms with van der Waals surface area (Å²) in [7, 11) is 0. The Hall–Kier alpha value is -3.73. The number of hydrogen-bond acceptors (Lipinski definition) is 6. The molecule has 1 amide bonds. The molecular formula is C19H15F3N4O4. The largest absolute Gasteiger partial charge is 0.573 e. The number of halogens is 3. The van der Waals surface area contributed by atoms with Gasteiger partial charge in [0.25, 0.3) is 11.5 Å². The van der Waals surface area contributed by atoms with Crippen LogP contribution in [0.25, 0.3) is 16.9 Å². The fourth-order valence-corrected chi connectivity index (χ4v) is 2.54. The van der Waals surface area contributed by atoms with Gasteiger partial charge >= 0.3 is 6.36 Å². The smallest absolute Gasteiger partial charge is 0.406 e. The van der Waals surface area contributed by atoms with E-state index in [1.165, 1.54) is 30.6 Å². The van der Waals surface area contributed by atoms with E-state index in [1.807, 2.05) is 0 Å². The van der Waals surface area contributed by atoms with Crippen LogP contribution in [0.1, 0.15) is 10.4 Å². The maximum absolute atomic E-state index is 12.8. The summed E-state index contributed by atoms with van der Waals surface area (Å²) < 4.78 is 41.9. The standard InChI is InChI=1S/C19H15F3N4O4/c20-19(21,22)30-14-5-3-12(4-6-14)16-10-15(17(28)24-8-9-27)18(29)26(25-16)13-2-1-7-23-11-13/h1-7,10-11,27H,8-9H2,(H,24,28). The second kappa shape index (κ2) is 8.74. The van der Waals surface area contributed by atoms with Crippen molar-refractivity contribution in [1.82, 2.24) is 20.1 Å². The van der Waals surface area contributed by atoms with Crippen LogP contribution in [0.2, 0.25) is 0 Å². The fourth-order valence-electron chi connectivity index (χ4n) is 2.54. The van der Waals surface area contributed by atoms with Gasteiger partial charge in [-0.05, 0) is 42.5 Å². The lowest BCUT2D eigenvalue weighted by atomic mass is 10.1. The molecule has 0 spiro atoms. The van der Waals surface area contributed by atoms with E-state index in [0.29, 0.717) is 5.56 Å². The number of aromatic nitrogens is 3. The first-order chi connectivity index (χ1) is 14.3. The second-order valence-electron chi connectivity index (χ2n) is 5.92. The number of carbonyl (C=O) groups is 1. The average molecular weight is 420 g/mol. The van der Waals surface area contributed by atoms with Crippen molar-refractivity contribution in [3.63, 3.8) is 0 Å². The van der Waals surface area contributed by atoms with Gasteiger partial charge in [0.15, 0.2) is 0 Å². The van der Waals surface area contributed by atoms with Gasteiger partial charge in [-0.15, -0.1) is 13.2 Å². The number of hydrogen-bond donors (Lipinski definition) is 2. The van der Waals surface area contributed by atoms with Gasteiger partial charge < -0.3 is 15.2 Å². The lowest BCUT2D eigenvalue weighted by molar-refractivity contribution is -0.274. The Labute approximate surface area is 167 Å². The van der Waals surface area contributed by atoms with E-state index in [1.54, 1.807) is 12.1 Å². The summed E-state index contributed by atoms with van der Waals surface area (Å²) in [4.78, 5) is 29.1. The monoisotopic (exact) mass is 420 g/mol. The molecule has 0 saturated heterocycles. The maximum atomic E-state index is 12.8. The lowest BCUT2D eigenvalue weighted by Crippen LogP contribution is -2.35. The summed E-state index contributed by atoms with van der Waals surface area (Å²) in [5.41, 5.74) is -0.186. The number of nitrogens with zero attached hydrogens (tertiary/aromatic N) is 3. The van der Waals surface area contributed by atoms with Gasteiger partial charge in [-0.2, -0.15) is 9.78 Å². The fraction of sp³-hybridized carbons (Fsp3) is 0.158. The molecule has 30 heavy (non-hydrogen) atoms. The number of benzene rings is 1. The molecule has 0 bridgehead atoms. The van der Waals surface area contributed by atoms with Crippen molar-refractivity contribution in [2.24, 2.45) is 0 Å². The van der Waals surface area contributed by atoms with Crippen LogP contribution in [0.5, 0.6) is 5.75 Å². The van der Waals surface area contributed by atoms with Crippen molar-refractivity contribution >= 4 is 5.91 Å². The van der Waals surface area contributed by atoms with Gasteiger partial charge in [-0.3, -0.25) is 14.6 Å². The van der Waals surface area contributed by atoms with Crippen molar-refractivity contribution in [2.45, 2.75) is 6.36 Å². The van der Waals surface area contributed by atoms with Crippen molar-refractivity contribution in [3.05, 3.63) is 70.8 Å². The van der Waals surface area contributed by atoms with E-state index >= 15 is 0 Å². The lowest BCUT2D eigenvalue weighted by Gasteiger charge is -2.12. The van der Waals surface area contributed by atoms with Crippen LogP contribution in [-0.4, -0.2) is 45.3 Å². The zero-order valence-electron chi connectivity index (χ0n) is 15.3. The highest BCUT2D eigenvalue weighted by Gasteiger charge is 2.31. The van der Waals surface area contributed by atoms with Crippen LogP contribution in [0.15, 0.2) is 59.7 Å². The van der Waals surface area contributed by atoms with E-state index in [2.05, 4.69) is 20.1 Å². The van der Waals surface area contributed by atoms with Gasteiger partial charge in [-0.25, -0.2) is 0 Å². The predicted molar refractivity (Wildman–Crippen MR) is 99.2 cm³/mol. The molecule has 3 rings (SSSR count). The average Bonchev–Trinajstić information content (AvgIpc) is 2.72. The Morgan fingerprint density at radius 2 is 1.93 bits per heavy atom. The molecule has 3 aromatic rings. The summed E-state index contributed by atoms with van der Waals surface area (Å²) in [6.45, 7) is -0.382. The Balaban J connectivity index is 2.08. The molecule has 0 radical (unpaired) electrons. The molecular weight excluding hydrogens is 405 g/mol.